The van der Waals surface area contributed by atoms with Crippen LogP contribution in [0.5, 0.6) is 0 Å². The maximum absolute atomic E-state index is 10.2. The van der Waals surface area contributed by atoms with E-state index < -0.39 is 14.4 Å². The Kier molecular flexibility index (Phi) is 5.48. The lowest BCUT2D eigenvalue weighted by Gasteiger charge is -2.35. The average Bonchev–Trinajstić information content (AvgIpc) is 3.06. The van der Waals surface area contributed by atoms with Gasteiger partial charge in [-0.15, -0.1) is 0 Å². The second kappa shape index (κ2) is 6.19. The second-order valence-corrected chi connectivity index (χ2v) is 12.2. The molecule has 0 amide bonds. The smallest absolute Gasteiger partial charge is 0.193 e. The number of hydrogen-bond acceptors (Lipinski definition) is 3. The Bertz CT molecular complexity index is 383. The number of hydrogen-bond donors (Lipinski definition) is 1. The van der Waals surface area contributed by atoms with Gasteiger partial charge < -0.3 is 14.3 Å². The molecule has 3 nitrogen and oxygen atoms in total. The monoisotopic (exact) mass is 298 g/mol. The van der Waals surface area contributed by atoms with E-state index in [9.17, 15) is 5.11 Å². The molecule has 0 saturated carbocycles. The molecule has 0 aromatic heterocycles. The Balaban J connectivity index is 2.52. The summed E-state index contributed by atoms with van der Waals surface area (Å²) in [6, 6.07) is 0. The van der Waals surface area contributed by atoms with Gasteiger partial charge in [-0.05, 0) is 31.5 Å². The topological polar surface area (TPSA) is 42.0 Å². The van der Waals surface area contributed by atoms with Gasteiger partial charge >= 0.3 is 0 Å². The number of ether oxygens (including phenoxy) is 1. The Morgan fingerprint density at radius 2 is 1.95 bits per heavy atom. The van der Waals surface area contributed by atoms with E-state index in [0.717, 1.165) is 6.42 Å². The molecule has 1 saturated heterocycles. The third-order valence-corrected chi connectivity index (χ3v) is 9.12. The average molecular weight is 298 g/mol. The van der Waals surface area contributed by atoms with Crippen molar-refractivity contribution in [2.24, 2.45) is 5.92 Å². The lowest BCUT2D eigenvalue weighted by atomic mass is 9.91. The fourth-order valence-electron chi connectivity index (χ4n) is 1.72. The molecule has 0 unspecified atom stereocenters. The predicted molar refractivity (Wildman–Crippen MR) is 85.1 cm³/mol. The van der Waals surface area contributed by atoms with E-state index >= 15 is 0 Å². The lowest BCUT2D eigenvalue weighted by Crippen LogP contribution is -2.40. The van der Waals surface area contributed by atoms with Crippen molar-refractivity contribution in [2.75, 3.05) is 13.2 Å². The van der Waals surface area contributed by atoms with Gasteiger partial charge in [0.05, 0.1) is 19.3 Å². The minimum atomic E-state index is -1.73. The van der Waals surface area contributed by atoms with Crippen LogP contribution in [0.25, 0.3) is 0 Å². The SMILES string of the molecule is CC[C@@H](C#CCO[Si](C)(C)C(C)(C)C)[C@H](O)[C@@]1(C)CO1. The molecule has 1 N–H and O–H groups in total. The first-order valence-corrected chi connectivity index (χ1v) is 10.4. The van der Waals surface area contributed by atoms with Crippen LogP contribution in [0, 0.1) is 17.8 Å². The van der Waals surface area contributed by atoms with Crippen molar-refractivity contribution in [1.82, 2.24) is 0 Å². The number of rotatable bonds is 5. The summed E-state index contributed by atoms with van der Waals surface area (Å²) in [6.45, 7) is 16.2. The first-order chi connectivity index (χ1) is 9.03. The first-order valence-electron chi connectivity index (χ1n) is 7.48. The minimum absolute atomic E-state index is 0.0366. The van der Waals surface area contributed by atoms with Crippen LogP contribution in [0.4, 0.5) is 0 Å². The third-order valence-electron chi connectivity index (χ3n) is 4.65. The maximum Gasteiger partial charge on any atom is 0.193 e. The molecule has 0 aromatic carbocycles. The van der Waals surface area contributed by atoms with Crippen molar-refractivity contribution in [1.29, 1.82) is 0 Å². The van der Waals surface area contributed by atoms with Crippen LogP contribution in [-0.2, 0) is 9.16 Å². The molecule has 0 radical (unpaired) electrons. The van der Waals surface area contributed by atoms with E-state index in [-0.39, 0.29) is 16.6 Å². The molecule has 0 aromatic rings. The van der Waals surface area contributed by atoms with E-state index in [0.29, 0.717) is 13.2 Å². The largest absolute Gasteiger partial charge is 0.406 e. The van der Waals surface area contributed by atoms with Crippen LogP contribution < -0.4 is 0 Å². The highest BCUT2D eigenvalue weighted by Gasteiger charge is 2.48. The van der Waals surface area contributed by atoms with Gasteiger partial charge in [0.25, 0.3) is 0 Å². The molecule has 1 fully saturated rings. The second-order valence-electron chi connectivity index (χ2n) is 7.43. The molecule has 116 valence electrons. The highest BCUT2D eigenvalue weighted by Crippen LogP contribution is 2.36. The van der Waals surface area contributed by atoms with Crippen LogP contribution in [0.2, 0.25) is 18.1 Å². The number of epoxide rings is 1. The van der Waals surface area contributed by atoms with E-state index in [1.165, 1.54) is 0 Å². The molecule has 20 heavy (non-hydrogen) atoms. The normalized spacial score (nSPS) is 25.6. The van der Waals surface area contributed by atoms with Crippen LogP contribution in [0.3, 0.4) is 0 Å². The molecule has 1 aliphatic rings. The van der Waals surface area contributed by atoms with E-state index in [1.807, 2.05) is 13.8 Å². The summed E-state index contributed by atoms with van der Waals surface area (Å²) in [5, 5.41) is 10.4. The molecular weight excluding hydrogens is 268 g/mol. The number of aliphatic hydroxyl groups is 1. The van der Waals surface area contributed by atoms with Gasteiger partial charge in [0, 0.05) is 5.92 Å². The minimum Gasteiger partial charge on any atom is -0.406 e. The highest BCUT2D eigenvalue weighted by atomic mass is 28.4. The van der Waals surface area contributed by atoms with E-state index in [1.54, 1.807) is 0 Å². The van der Waals surface area contributed by atoms with E-state index in [4.69, 9.17) is 9.16 Å². The van der Waals surface area contributed by atoms with Gasteiger partial charge in [-0.2, -0.15) is 0 Å². The van der Waals surface area contributed by atoms with Crippen LogP contribution in [0.15, 0.2) is 0 Å². The van der Waals surface area contributed by atoms with Gasteiger partial charge in [0.15, 0.2) is 8.32 Å². The summed E-state index contributed by atoms with van der Waals surface area (Å²) in [5.41, 5.74) is -0.379. The molecule has 0 aliphatic carbocycles. The molecular formula is C16H30O3Si. The molecule has 3 atom stereocenters. The Morgan fingerprint density at radius 3 is 2.35 bits per heavy atom. The van der Waals surface area contributed by atoms with Gasteiger partial charge in [-0.25, -0.2) is 0 Å². The van der Waals surface area contributed by atoms with Crippen molar-refractivity contribution in [3.63, 3.8) is 0 Å². The molecule has 1 rings (SSSR count). The lowest BCUT2D eigenvalue weighted by molar-refractivity contribution is 0.0526. The van der Waals surface area contributed by atoms with Gasteiger partial charge in [0.1, 0.15) is 5.60 Å². The van der Waals surface area contributed by atoms with Crippen molar-refractivity contribution in [3.05, 3.63) is 0 Å². The molecule has 0 spiro atoms. The van der Waals surface area contributed by atoms with Crippen molar-refractivity contribution in [3.8, 4) is 11.8 Å². The van der Waals surface area contributed by atoms with Crippen molar-refractivity contribution >= 4 is 8.32 Å². The van der Waals surface area contributed by atoms with Gasteiger partial charge in [0.2, 0.25) is 0 Å². The summed E-state index contributed by atoms with van der Waals surface area (Å²) in [4.78, 5) is 0. The Morgan fingerprint density at radius 1 is 1.40 bits per heavy atom. The Labute approximate surface area is 125 Å². The third kappa shape index (κ3) is 4.32. The summed E-state index contributed by atoms with van der Waals surface area (Å²) >= 11 is 0. The number of aliphatic hydroxyl groups excluding tert-OH is 1. The molecule has 0 bridgehead atoms. The first kappa shape index (κ1) is 17.7. The fraction of sp³-hybridized carbons (Fsp3) is 0.875. The molecule has 4 heteroatoms. The van der Waals surface area contributed by atoms with Gasteiger partial charge in [-0.3, -0.25) is 0 Å². The van der Waals surface area contributed by atoms with Crippen LogP contribution >= 0.6 is 0 Å². The molecule has 1 aliphatic heterocycles. The van der Waals surface area contributed by atoms with Crippen LogP contribution in [-0.4, -0.2) is 38.3 Å². The molecule has 1 heterocycles. The zero-order valence-electron chi connectivity index (χ0n) is 14.0. The maximum atomic E-state index is 10.2. The summed E-state index contributed by atoms with van der Waals surface area (Å²) in [6.07, 6.45) is 0.320. The standard InChI is InChI=1S/C16H30O3Si/c1-8-13(14(17)16(5)12-18-16)10-9-11-19-20(6,7)15(2,3)4/h13-14,17H,8,11-12H2,1-7H3/t13-,14-,16+/m0/s1. The van der Waals surface area contributed by atoms with Crippen molar-refractivity contribution < 1.29 is 14.3 Å². The summed E-state index contributed by atoms with van der Waals surface area (Å²) in [7, 11) is -1.73. The highest BCUT2D eigenvalue weighted by molar-refractivity contribution is 6.74. The van der Waals surface area contributed by atoms with E-state index in [2.05, 4.69) is 45.7 Å². The fourth-order valence-corrected chi connectivity index (χ4v) is 2.59. The Hall–Kier alpha value is -0.343. The zero-order chi connectivity index (χ0) is 15.6. The van der Waals surface area contributed by atoms with Gasteiger partial charge in [-0.1, -0.05) is 39.5 Å². The summed E-state index contributed by atoms with van der Waals surface area (Å²) < 4.78 is 11.3. The summed E-state index contributed by atoms with van der Waals surface area (Å²) in [5.74, 6) is 6.21. The van der Waals surface area contributed by atoms with Crippen molar-refractivity contribution in [2.45, 2.75) is 70.9 Å². The predicted octanol–water partition coefficient (Wildman–Crippen LogP) is 3.19. The quantitative estimate of drug-likeness (QED) is 0.481. The zero-order valence-corrected chi connectivity index (χ0v) is 15.0. The van der Waals surface area contributed by atoms with Crippen LogP contribution in [0.1, 0.15) is 41.0 Å².